The molecule has 8 heteroatoms. The molecule has 1 saturated heterocycles. The number of nitrogens with one attached hydrogen (secondary N) is 1. The second-order valence-corrected chi connectivity index (χ2v) is 8.41. The third-order valence-electron chi connectivity index (χ3n) is 4.58. The molecule has 4 rings (SSSR count). The zero-order valence-corrected chi connectivity index (χ0v) is 16.0. The van der Waals surface area contributed by atoms with Crippen LogP contribution in [-0.2, 0) is 13.1 Å². The van der Waals surface area contributed by atoms with E-state index in [0.29, 0.717) is 12.6 Å². The first-order valence-corrected chi connectivity index (χ1v) is 10.5. The van der Waals surface area contributed by atoms with Gasteiger partial charge in [0.25, 0.3) is 5.91 Å². The molecule has 1 aliphatic heterocycles. The normalized spacial score (nSPS) is 17.6. The van der Waals surface area contributed by atoms with Gasteiger partial charge in [0.15, 0.2) is 0 Å². The summed E-state index contributed by atoms with van der Waals surface area (Å²) in [6.45, 7) is 3.32. The van der Waals surface area contributed by atoms with Crippen molar-refractivity contribution in [1.29, 1.82) is 0 Å². The van der Waals surface area contributed by atoms with Crippen LogP contribution in [0, 0.1) is 0 Å². The molecule has 1 N–H and O–H groups in total. The molecule has 0 aliphatic carbocycles. The predicted molar refractivity (Wildman–Crippen MR) is 103 cm³/mol. The smallest absolute Gasteiger partial charge is 0.261 e. The first-order chi connectivity index (χ1) is 12.8. The fourth-order valence-corrected chi connectivity index (χ4v) is 5.04. The molecule has 3 aromatic rings. The predicted octanol–water partition coefficient (Wildman–Crippen LogP) is 3.17. The van der Waals surface area contributed by atoms with Gasteiger partial charge in [0.1, 0.15) is 5.01 Å². The summed E-state index contributed by atoms with van der Waals surface area (Å²) in [6, 6.07) is 4.46. The summed E-state index contributed by atoms with van der Waals surface area (Å²) in [5.41, 5.74) is 0. The Morgan fingerprint density at radius 2 is 2.31 bits per heavy atom. The van der Waals surface area contributed by atoms with Crippen LogP contribution in [0.15, 0.2) is 42.4 Å². The standard InChI is InChI=1S/C18H21N5OS2/c24-18(21-6-10-22-9-5-19-13-22)16-4-3-15(26-16)14-2-1-8-23(14)12-17-20-7-11-25-17/h3-5,7,9,11,13-14H,1-2,6,8,10,12H2,(H,21,24)/t14-/m0/s1. The molecule has 1 aliphatic rings. The number of likely N-dealkylation sites (tertiary alicyclic amines) is 1. The number of hydrogen-bond donors (Lipinski definition) is 1. The van der Waals surface area contributed by atoms with E-state index in [4.69, 9.17) is 0 Å². The minimum atomic E-state index is 0.00540. The lowest BCUT2D eigenvalue weighted by Crippen LogP contribution is -2.26. The van der Waals surface area contributed by atoms with Crippen LogP contribution in [0.25, 0.3) is 0 Å². The van der Waals surface area contributed by atoms with Crippen LogP contribution in [0.3, 0.4) is 0 Å². The number of carbonyl (C=O) groups excluding carboxylic acids is 1. The zero-order chi connectivity index (χ0) is 17.8. The van der Waals surface area contributed by atoms with Crippen molar-refractivity contribution in [3.8, 4) is 0 Å². The largest absolute Gasteiger partial charge is 0.350 e. The molecular weight excluding hydrogens is 366 g/mol. The van der Waals surface area contributed by atoms with Crippen molar-refractivity contribution in [3.05, 3.63) is 57.2 Å². The van der Waals surface area contributed by atoms with Gasteiger partial charge < -0.3 is 9.88 Å². The summed E-state index contributed by atoms with van der Waals surface area (Å²) in [4.78, 5) is 25.3. The molecule has 0 spiro atoms. The number of nitrogens with zero attached hydrogens (tertiary/aromatic N) is 4. The zero-order valence-electron chi connectivity index (χ0n) is 14.4. The van der Waals surface area contributed by atoms with E-state index in [-0.39, 0.29) is 5.91 Å². The fraction of sp³-hybridized carbons (Fsp3) is 0.389. The van der Waals surface area contributed by atoms with Gasteiger partial charge in [-0.15, -0.1) is 22.7 Å². The van der Waals surface area contributed by atoms with E-state index < -0.39 is 0 Å². The number of rotatable bonds is 7. The van der Waals surface area contributed by atoms with E-state index >= 15 is 0 Å². The Morgan fingerprint density at radius 1 is 1.35 bits per heavy atom. The van der Waals surface area contributed by atoms with Crippen LogP contribution >= 0.6 is 22.7 Å². The second kappa shape index (κ2) is 8.11. The van der Waals surface area contributed by atoms with Crippen LogP contribution in [0.5, 0.6) is 0 Å². The summed E-state index contributed by atoms with van der Waals surface area (Å²) in [5, 5.41) is 6.17. The molecule has 1 amide bonds. The molecule has 0 saturated carbocycles. The number of aromatic nitrogens is 3. The third kappa shape index (κ3) is 4.03. The average molecular weight is 388 g/mol. The molecule has 1 atom stereocenters. The second-order valence-electron chi connectivity index (χ2n) is 6.31. The molecule has 0 bridgehead atoms. The maximum atomic E-state index is 12.4. The first kappa shape index (κ1) is 17.4. The van der Waals surface area contributed by atoms with Gasteiger partial charge in [-0.3, -0.25) is 9.69 Å². The Hall–Kier alpha value is -2.03. The Bertz CT molecular complexity index is 828. The molecule has 0 unspecified atom stereocenters. The van der Waals surface area contributed by atoms with Crippen molar-refractivity contribution in [1.82, 2.24) is 24.8 Å². The first-order valence-electron chi connectivity index (χ1n) is 8.76. The number of carbonyl (C=O) groups is 1. The molecule has 26 heavy (non-hydrogen) atoms. The van der Waals surface area contributed by atoms with Gasteiger partial charge >= 0.3 is 0 Å². The van der Waals surface area contributed by atoms with Gasteiger partial charge in [0, 0.05) is 48.0 Å². The lowest BCUT2D eigenvalue weighted by atomic mass is 10.2. The monoisotopic (exact) mass is 387 g/mol. The van der Waals surface area contributed by atoms with Gasteiger partial charge in [-0.05, 0) is 31.5 Å². The van der Waals surface area contributed by atoms with Gasteiger partial charge in [-0.1, -0.05) is 0 Å². The number of hydrogen-bond acceptors (Lipinski definition) is 6. The van der Waals surface area contributed by atoms with Gasteiger partial charge in [-0.25, -0.2) is 9.97 Å². The minimum Gasteiger partial charge on any atom is -0.350 e. The highest BCUT2D eigenvalue weighted by molar-refractivity contribution is 7.14. The van der Waals surface area contributed by atoms with E-state index in [0.717, 1.165) is 35.9 Å². The van der Waals surface area contributed by atoms with Crippen molar-refractivity contribution in [2.24, 2.45) is 0 Å². The van der Waals surface area contributed by atoms with Gasteiger partial charge in [0.2, 0.25) is 0 Å². The molecule has 136 valence electrons. The van der Waals surface area contributed by atoms with Crippen LogP contribution in [-0.4, -0.2) is 38.4 Å². The maximum Gasteiger partial charge on any atom is 0.261 e. The Labute approximate surface area is 160 Å². The number of amides is 1. The quantitative estimate of drug-likeness (QED) is 0.676. The third-order valence-corrected chi connectivity index (χ3v) is 6.53. The van der Waals surface area contributed by atoms with Crippen LogP contribution in [0.1, 0.15) is 38.4 Å². The van der Waals surface area contributed by atoms with Crippen LogP contribution in [0.2, 0.25) is 0 Å². The number of thiophene rings is 1. The van der Waals surface area contributed by atoms with Crippen molar-refractivity contribution >= 4 is 28.6 Å². The Morgan fingerprint density at radius 3 is 3.12 bits per heavy atom. The van der Waals surface area contributed by atoms with E-state index in [1.54, 1.807) is 35.2 Å². The van der Waals surface area contributed by atoms with Crippen LogP contribution in [0.4, 0.5) is 0 Å². The molecule has 4 heterocycles. The van der Waals surface area contributed by atoms with Gasteiger partial charge in [0.05, 0.1) is 17.7 Å². The maximum absolute atomic E-state index is 12.4. The number of imidazole rings is 1. The lowest BCUT2D eigenvalue weighted by molar-refractivity contribution is 0.0956. The van der Waals surface area contributed by atoms with Crippen LogP contribution < -0.4 is 5.32 Å². The van der Waals surface area contributed by atoms with E-state index in [9.17, 15) is 4.79 Å². The average Bonchev–Trinajstić information content (AvgIpc) is 3.43. The molecule has 0 radical (unpaired) electrons. The molecular formula is C18H21N5OS2. The van der Waals surface area contributed by atoms with Crippen molar-refractivity contribution < 1.29 is 4.79 Å². The minimum absolute atomic E-state index is 0.00540. The SMILES string of the molecule is O=C(NCCn1ccnc1)c1ccc([C@@H]2CCCN2Cc2nccs2)s1. The van der Waals surface area contributed by atoms with Crippen molar-refractivity contribution in [2.75, 3.05) is 13.1 Å². The Kier molecular flexibility index (Phi) is 5.42. The van der Waals surface area contributed by atoms with Gasteiger partial charge in [-0.2, -0.15) is 0 Å². The van der Waals surface area contributed by atoms with E-state index in [2.05, 4.69) is 26.3 Å². The van der Waals surface area contributed by atoms with Crippen molar-refractivity contribution in [3.63, 3.8) is 0 Å². The number of thiazole rings is 1. The highest BCUT2D eigenvalue weighted by Crippen LogP contribution is 2.37. The van der Waals surface area contributed by atoms with E-state index in [1.165, 1.54) is 11.3 Å². The summed E-state index contributed by atoms with van der Waals surface area (Å²) >= 11 is 3.32. The van der Waals surface area contributed by atoms with Crippen molar-refractivity contribution in [2.45, 2.75) is 32.0 Å². The highest BCUT2D eigenvalue weighted by Gasteiger charge is 2.28. The lowest BCUT2D eigenvalue weighted by Gasteiger charge is -2.22. The summed E-state index contributed by atoms with van der Waals surface area (Å²) in [6.07, 6.45) is 9.60. The fourth-order valence-electron chi connectivity index (χ4n) is 3.30. The molecule has 0 aromatic carbocycles. The summed E-state index contributed by atoms with van der Waals surface area (Å²) in [7, 11) is 0. The van der Waals surface area contributed by atoms with E-state index in [1.807, 2.05) is 28.4 Å². The molecule has 6 nitrogen and oxygen atoms in total. The molecule has 1 fully saturated rings. The summed E-state index contributed by atoms with van der Waals surface area (Å²) in [5.74, 6) is 0.00540. The Balaban J connectivity index is 1.35. The highest BCUT2D eigenvalue weighted by atomic mass is 32.1. The summed E-state index contributed by atoms with van der Waals surface area (Å²) < 4.78 is 1.95. The molecule has 3 aromatic heterocycles. The topological polar surface area (TPSA) is 63.1 Å².